The van der Waals surface area contributed by atoms with Crippen LogP contribution in [-0.2, 0) is 11.3 Å². The summed E-state index contributed by atoms with van der Waals surface area (Å²) in [6, 6.07) is 14.8. The summed E-state index contributed by atoms with van der Waals surface area (Å²) in [6.45, 7) is 0.748. The number of carbonyl (C=O) groups is 1. The normalized spacial score (nSPS) is 10.1. The minimum Gasteiger partial charge on any atom is -0.497 e. The Kier molecular flexibility index (Phi) is 5.80. The molecule has 0 aliphatic heterocycles. The monoisotopic (exact) mass is 300 g/mol. The molecule has 0 fully saturated rings. The van der Waals surface area contributed by atoms with E-state index in [2.05, 4.69) is 5.32 Å². The number of ether oxygens (including phenoxy) is 2. The third-order valence-electron chi connectivity index (χ3n) is 3.09. The molecule has 0 radical (unpaired) electrons. The molecule has 0 unspecified atom stereocenters. The zero-order valence-electron chi connectivity index (χ0n) is 12.5. The van der Waals surface area contributed by atoms with Crippen molar-refractivity contribution in [2.45, 2.75) is 13.0 Å². The number of carbonyl (C=O) groups excluding carboxylic acids is 1. The van der Waals surface area contributed by atoms with Gasteiger partial charge in [-0.2, -0.15) is 0 Å². The van der Waals surface area contributed by atoms with Gasteiger partial charge >= 0.3 is 0 Å². The summed E-state index contributed by atoms with van der Waals surface area (Å²) in [5.41, 5.74) is 7.30. The molecular weight excluding hydrogens is 280 g/mol. The Labute approximate surface area is 130 Å². The van der Waals surface area contributed by atoms with Crippen molar-refractivity contribution in [1.29, 1.82) is 0 Å². The quantitative estimate of drug-likeness (QED) is 0.824. The number of hydrogen-bond acceptors (Lipinski definition) is 4. The number of nitrogens with two attached hydrogens (primary N) is 1. The molecule has 0 aliphatic rings. The smallest absolute Gasteiger partial charge is 0.227 e. The highest BCUT2D eigenvalue weighted by atomic mass is 16.5. The van der Waals surface area contributed by atoms with E-state index in [1.807, 2.05) is 42.5 Å². The Hall–Kier alpha value is -2.53. The highest BCUT2D eigenvalue weighted by Crippen LogP contribution is 2.19. The van der Waals surface area contributed by atoms with E-state index in [0.29, 0.717) is 18.9 Å². The minimum absolute atomic E-state index is 0.0999. The molecule has 0 spiro atoms. The van der Waals surface area contributed by atoms with E-state index < -0.39 is 0 Å². The summed E-state index contributed by atoms with van der Waals surface area (Å²) >= 11 is 0. The standard InChI is InChI=1S/C17H20N2O3/c1-21-15-6-3-7-16(11-15)22-9-8-17(20)19-14-5-2-4-13(10-14)12-18/h2-7,10-11H,8-9,12,18H2,1H3,(H,19,20). The molecule has 1 amide bonds. The number of nitrogens with one attached hydrogen (secondary N) is 1. The Morgan fingerprint density at radius 2 is 1.91 bits per heavy atom. The molecule has 0 saturated heterocycles. The average molecular weight is 300 g/mol. The molecule has 0 saturated carbocycles. The van der Waals surface area contributed by atoms with Gasteiger partial charge in [0.25, 0.3) is 0 Å². The fraction of sp³-hybridized carbons (Fsp3) is 0.235. The summed E-state index contributed by atoms with van der Waals surface area (Å²) in [6.07, 6.45) is 0.268. The van der Waals surface area contributed by atoms with Crippen molar-refractivity contribution in [2.24, 2.45) is 5.73 Å². The molecule has 0 aliphatic carbocycles. The van der Waals surface area contributed by atoms with E-state index in [-0.39, 0.29) is 12.3 Å². The predicted octanol–water partition coefficient (Wildman–Crippen LogP) is 2.56. The molecule has 0 aromatic heterocycles. The SMILES string of the molecule is COc1cccc(OCCC(=O)Nc2cccc(CN)c2)c1. The summed E-state index contributed by atoms with van der Waals surface area (Å²) in [5.74, 6) is 1.30. The number of rotatable bonds is 7. The van der Waals surface area contributed by atoms with Gasteiger partial charge in [-0.1, -0.05) is 18.2 Å². The first-order chi connectivity index (χ1) is 10.7. The molecule has 0 heterocycles. The van der Waals surface area contributed by atoms with E-state index in [4.69, 9.17) is 15.2 Å². The predicted molar refractivity (Wildman–Crippen MR) is 86.1 cm³/mol. The van der Waals surface area contributed by atoms with Crippen molar-refractivity contribution in [3.63, 3.8) is 0 Å². The molecular formula is C17H20N2O3. The van der Waals surface area contributed by atoms with Gasteiger partial charge in [-0.05, 0) is 29.8 Å². The lowest BCUT2D eigenvalue weighted by Gasteiger charge is -2.09. The summed E-state index contributed by atoms with van der Waals surface area (Å²) in [7, 11) is 1.60. The van der Waals surface area contributed by atoms with E-state index >= 15 is 0 Å². The maximum atomic E-state index is 11.9. The van der Waals surface area contributed by atoms with Gasteiger partial charge in [-0.15, -0.1) is 0 Å². The molecule has 0 atom stereocenters. The van der Waals surface area contributed by atoms with Gasteiger partial charge in [0, 0.05) is 18.3 Å². The van der Waals surface area contributed by atoms with Crippen LogP contribution in [-0.4, -0.2) is 19.6 Å². The number of hydrogen-bond donors (Lipinski definition) is 2. The van der Waals surface area contributed by atoms with Crippen LogP contribution in [0.1, 0.15) is 12.0 Å². The van der Waals surface area contributed by atoms with Crippen LogP contribution in [0.15, 0.2) is 48.5 Å². The fourth-order valence-corrected chi connectivity index (χ4v) is 1.95. The second kappa shape index (κ2) is 8.05. The fourth-order valence-electron chi connectivity index (χ4n) is 1.95. The van der Waals surface area contributed by atoms with Crippen LogP contribution in [0.4, 0.5) is 5.69 Å². The van der Waals surface area contributed by atoms with Gasteiger partial charge in [-0.25, -0.2) is 0 Å². The van der Waals surface area contributed by atoms with E-state index in [9.17, 15) is 4.79 Å². The molecule has 5 heteroatoms. The lowest BCUT2D eigenvalue weighted by Crippen LogP contribution is -2.15. The average Bonchev–Trinajstić information content (AvgIpc) is 2.55. The maximum absolute atomic E-state index is 11.9. The highest BCUT2D eigenvalue weighted by molar-refractivity contribution is 5.90. The van der Waals surface area contributed by atoms with Gasteiger partial charge in [0.15, 0.2) is 0 Å². The Balaban J connectivity index is 1.79. The summed E-state index contributed by atoms with van der Waals surface area (Å²) in [5, 5.41) is 2.83. The van der Waals surface area contributed by atoms with Gasteiger partial charge < -0.3 is 20.5 Å². The highest BCUT2D eigenvalue weighted by Gasteiger charge is 2.04. The second-order valence-corrected chi connectivity index (χ2v) is 4.73. The van der Waals surface area contributed by atoms with Crippen molar-refractivity contribution in [1.82, 2.24) is 0 Å². The third kappa shape index (κ3) is 4.79. The second-order valence-electron chi connectivity index (χ2n) is 4.73. The summed E-state index contributed by atoms with van der Waals surface area (Å²) in [4.78, 5) is 11.9. The number of anilines is 1. The first-order valence-electron chi connectivity index (χ1n) is 7.07. The van der Waals surface area contributed by atoms with Crippen LogP contribution in [0.3, 0.4) is 0 Å². The van der Waals surface area contributed by atoms with Gasteiger partial charge in [0.05, 0.1) is 20.1 Å². The van der Waals surface area contributed by atoms with Crippen LogP contribution in [0.2, 0.25) is 0 Å². The van der Waals surface area contributed by atoms with Crippen LogP contribution in [0.25, 0.3) is 0 Å². The van der Waals surface area contributed by atoms with Crippen molar-refractivity contribution < 1.29 is 14.3 Å². The first kappa shape index (κ1) is 15.9. The van der Waals surface area contributed by atoms with Crippen molar-refractivity contribution in [3.05, 3.63) is 54.1 Å². The number of benzene rings is 2. The van der Waals surface area contributed by atoms with E-state index in [1.54, 1.807) is 13.2 Å². The number of amides is 1. The van der Waals surface area contributed by atoms with Crippen molar-refractivity contribution in [3.8, 4) is 11.5 Å². The Morgan fingerprint density at radius 3 is 2.68 bits per heavy atom. The van der Waals surface area contributed by atoms with Gasteiger partial charge in [-0.3, -0.25) is 4.79 Å². The molecule has 2 aromatic carbocycles. The molecule has 0 bridgehead atoms. The minimum atomic E-state index is -0.0999. The zero-order chi connectivity index (χ0) is 15.8. The lowest BCUT2D eigenvalue weighted by atomic mass is 10.2. The van der Waals surface area contributed by atoms with Gasteiger partial charge in [0.2, 0.25) is 5.91 Å². The molecule has 116 valence electrons. The Bertz CT molecular complexity index is 629. The van der Waals surface area contributed by atoms with Crippen LogP contribution in [0, 0.1) is 0 Å². The molecule has 3 N–H and O–H groups in total. The number of methoxy groups -OCH3 is 1. The van der Waals surface area contributed by atoms with Gasteiger partial charge in [0.1, 0.15) is 11.5 Å². The third-order valence-corrected chi connectivity index (χ3v) is 3.09. The summed E-state index contributed by atoms with van der Waals surface area (Å²) < 4.78 is 10.7. The van der Waals surface area contributed by atoms with Crippen molar-refractivity contribution in [2.75, 3.05) is 19.0 Å². The molecule has 22 heavy (non-hydrogen) atoms. The van der Waals surface area contributed by atoms with E-state index in [1.165, 1.54) is 0 Å². The maximum Gasteiger partial charge on any atom is 0.227 e. The topological polar surface area (TPSA) is 73.6 Å². The largest absolute Gasteiger partial charge is 0.497 e. The zero-order valence-corrected chi connectivity index (χ0v) is 12.5. The molecule has 2 rings (SSSR count). The van der Waals surface area contributed by atoms with E-state index in [0.717, 1.165) is 17.0 Å². The first-order valence-corrected chi connectivity index (χ1v) is 7.07. The lowest BCUT2D eigenvalue weighted by molar-refractivity contribution is -0.116. The van der Waals surface area contributed by atoms with Crippen LogP contribution in [0.5, 0.6) is 11.5 Å². The van der Waals surface area contributed by atoms with Crippen molar-refractivity contribution >= 4 is 11.6 Å². The molecule has 2 aromatic rings. The molecule has 5 nitrogen and oxygen atoms in total. The van der Waals surface area contributed by atoms with Crippen LogP contribution < -0.4 is 20.5 Å². The Morgan fingerprint density at radius 1 is 1.14 bits per heavy atom. The van der Waals surface area contributed by atoms with Crippen LogP contribution >= 0.6 is 0 Å².